The van der Waals surface area contributed by atoms with Gasteiger partial charge in [-0.2, -0.15) is 0 Å². The zero-order chi connectivity index (χ0) is 10.7. The fourth-order valence-corrected chi connectivity index (χ4v) is 1.48. The molecule has 1 unspecified atom stereocenters. The molecule has 0 spiro atoms. The number of hydrogen-bond acceptors (Lipinski definition) is 4. The molecule has 1 atom stereocenters. The third-order valence-electron chi connectivity index (χ3n) is 2.15. The van der Waals surface area contributed by atoms with Gasteiger partial charge in [-0.05, 0) is 19.1 Å². The second-order valence-electron chi connectivity index (χ2n) is 3.25. The van der Waals surface area contributed by atoms with Crippen LogP contribution < -0.4 is 14.2 Å². The van der Waals surface area contributed by atoms with Crippen LogP contribution in [0.5, 0.6) is 17.2 Å². The predicted molar refractivity (Wildman–Crippen MR) is 54.6 cm³/mol. The van der Waals surface area contributed by atoms with Crippen LogP contribution in [0.1, 0.15) is 6.92 Å². The first-order chi connectivity index (χ1) is 7.35. The van der Waals surface area contributed by atoms with Gasteiger partial charge in [0.05, 0.1) is 13.2 Å². The summed E-state index contributed by atoms with van der Waals surface area (Å²) in [6.07, 6.45) is -0.283. The minimum absolute atomic E-state index is 0.0434. The predicted octanol–water partition coefficient (Wildman–Crippen LogP) is 1.22. The van der Waals surface area contributed by atoms with Gasteiger partial charge in [-0.25, -0.2) is 0 Å². The largest absolute Gasteiger partial charge is 0.490 e. The first-order valence-corrected chi connectivity index (χ1v) is 5.01. The molecular weight excluding hydrogens is 196 g/mol. The lowest BCUT2D eigenvalue weighted by atomic mass is 10.2. The Labute approximate surface area is 88.4 Å². The Bertz CT molecular complexity index is 337. The van der Waals surface area contributed by atoms with Crippen molar-refractivity contribution in [2.75, 3.05) is 19.8 Å². The van der Waals surface area contributed by atoms with Gasteiger partial charge < -0.3 is 19.3 Å². The summed E-state index contributed by atoms with van der Waals surface area (Å²) >= 11 is 0. The second kappa shape index (κ2) is 4.40. The Morgan fingerprint density at radius 2 is 2.40 bits per heavy atom. The van der Waals surface area contributed by atoms with E-state index in [1.54, 1.807) is 6.07 Å². The summed E-state index contributed by atoms with van der Waals surface area (Å²) < 4.78 is 16.4. The van der Waals surface area contributed by atoms with Crippen molar-refractivity contribution in [1.29, 1.82) is 0 Å². The minimum atomic E-state index is -0.283. The van der Waals surface area contributed by atoms with E-state index in [2.05, 4.69) is 0 Å². The molecule has 82 valence electrons. The van der Waals surface area contributed by atoms with Crippen LogP contribution in [0.15, 0.2) is 18.2 Å². The van der Waals surface area contributed by atoms with E-state index in [1.807, 2.05) is 19.1 Å². The summed E-state index contributed by atoms with van der Waals surface area (Å²) in [7, 11) is 0. The highest BCUT2D eigenvalue weighted by atomic mass is 16.6. The molecule has 0 saturated carbocycles. The summed E-state index contributed by atoms with van der Waals surface area (Å²) in [5.41, 5.74) is 0. The summed E-state index contributed by atoms with van der Waals surface area (Å²) in [4.78, 5) is 0. The molecule has 0 amide bonds. The molecule has 4 heteroatoms. The van der Waals surface area contributed by atoms with Crippen LogP contribution in [-0.4, -0.2) is 31.0 Å². The highest BCUT2D eigenvalue weighted by Gasteiger charge is 2.23. The Morgan fingerprint density at radius 1 is 1.53 bits per heavy atom. The Hall–Kier alpha value is -1.42. The molecule has 2 rings (SSSR count). The Kier molecular flexibility index (Phi) is 2.97. The number of ether oxygens (including phenoxy) is 3. The molecule has 0 radical (unpaired) electrons. The Balaban J connectivity index is 2.25. The molecule has 0 aliphatic carbocycles. The van der Waals surface area contributed by atoms with Gasteiger partial charge in [-0.1, -0.05) is 6.07 Å². The number of rotatable bonds is 3. The quantitative estimate of drug-likeness (QED) is 0.814. The lowest BCUT2D eigenvalue weighted by Gasteiger charge is -2.26. The van der Waals surface area contributed by atoms with Gasteiger partial charge >= 0.3 is 0 Å². The monoisotopic (exact) mass is 210 g/mol. The van der Waals surface area contributed by atoms with Crippen molar-refractivity contribution < 1.29 is 19.3 Å². The lowest BCUT2D eigenvalue weighted by Crippen LogP contribution is -2.32. The average molecular weight is 210 g/mol. The number of hydrogen-bond donors (Lipinski definition) is 1. The lowest BCUT2D eigenvalue weighted by molar-refractivity contribution is 0.0433. The molecule has 0 bridgehead atoms. The van der Waals surface area contributed by atoms with E-state index in [9.17, 15) is 0 Å². The normalized spacial score (nSPS) is 18.7. The van der Waals surface area contributed by atoms with Gasteiger partial charge in [0.1, 0.15) is 6.61 Å². The first-order valence-electron chi connectivity index (χ1n) is 5.01. The van der Waals surface area contributed by atoms with Gasteiger partial charge in [0.2, 0.25) is 5.75 Å². The first kappa shape index (κ1) is 10.1. The van der Waals surface area contributed by atoms with Crippen molar-refractivity contribution in [3.63, 3.8) is 0 Å². The van der Waals surface area contributed by atoms with Crippen molar-refractivity contribution in [2.45, 2.75) is 13.0 Å². The molecule has 1 aromatic rings. The SMILES string of the molecule is CCOc1cccc2c1OCC(CO)O2. The van der Waals surface area contributed by atoms with Crippen molar-refractivity contribution in [1.82, 2.24) is 0 Å². The van der Waals surface area contributed by atoms with Crippen LogP contribution in [0, 0.1) is 0 Å². The molecule has 1 aliphatic rings. The van der Waals surface area contributed by atoms with E-state index in [0.29, 0.717) is 30.5 Å². The summed E-state index contributed by atoms with van der Waals surface area (Å²) in [5, 5.41) is 8.95. The maximum Gasteiger partial charge on any atom is 0.203 e. The standard InChI is InChI=1S/C11H14O4/c1-2-13-9-4-3-5-10-11(9)14-7-8(6-12)15-10/h3-5,8,12H,2,6-7H2,1H3. The molecule has 15 heavy (non-hydrogen) atoms. The van der Waals surface area contributed by atoms with Gasteiger partial charge in [0, 0.05) is 0 Å². The van der Waals surface area contributed by atoms with E-state index >= 15 is 0 Å². The maximum atomic E-state index is 8.95. The van der Waals surface area contributed by atoms with Crippen LogP contribution in [0.4, 0.5) is 0 Å². The number of aliphatic hydroxyl groups is 1. The molecular formula is C11H14O4. The highest BCUT2D eigenvalue weighted by Crippen LogP contribution is 2.39. The van der Waals surface area contributed by atoms with Gasteiger partial charge in [-0.3, -0.25) is 0 Å². The Morgan fingerprint density at radius 3 is 3.13 bits per heavy atom. The van der Waals surface area contributed by atoms with E-state index < -0.39 is 0 Å². The highest BCUT2D eigenvalue weighted by molar-refractivity contribution is 5.52. The number of fused-ring (bicyclic) bond motifs is 1. The third-order valence-corrected chi connectivity index (χ3v) is 2.15. The second-order valence-corrected chi connectivity index (χ2v) is 3.25. The molecule has 1 heterocycles. The summed E-state index contributed by atoms with van der Waals surface area (Å²) in [6.45, 7) is 2.81. The van der Waals surface area contributed by atoms with Crippen molar-refractivity contribution in [2.24, 2.45) is 0 Å². The molecule has 4 nitrogen and oxygen atoms in total. The fourth-order valence-electron chi connectivity index (χ4n) is 1.48. The third kappa shape index (κ3) is 1.99. The van der Waals surface area contributed by atoms with E-state index in [4.69, 9.17) is 19.3 Å². The maximum absolute atomic E-state index is 8.95. The number of benzene rings is 1. The van der Waals surface area contributed by atoms with Crippen LogP contribution in [-0.2, 0) is 0 Å². The summed E-state index contributed by atoms with van der Waals surface area (Å²) in [5.74, 6) is 1.95. The van der Waals surface area contributed by atoms with E-state index in [-0.39, 0.29) is 12.7 Å². The zero-order valence-corrected chi connectivity index (χ0v) is 8.60. The molecule has 0 aromatic heterocycles. The number of para-hydroxylation sites is 1. The van der Waals surface area contributed by atoms with Crippen molar-refractivity contribution in [3.05, 3.63) is 18.2 Å². The molecule has 1 aromatic carbocycles. The molecule has 1 aliphatic heterocycles. The van der Waals surface area contributed by atoms with Gasteiger partial charge in [0.25, 0.3) is 0 Å². The van der Waals surface area contributed by atoms with Crippen LogP contribution in [0.25, 0.3) is 0 Å². The molecule has 1 N–H and O–H groups in total. The number of aliphatic hydroxyl groups excluding tert-OH is 1. The topological polar surface area (TPSA) is 47.9 Å². The zero-order valence-electron chi connectivity index (χ0n) is 8.60. The van der Waals surface area contributed by atoms with Crippen LogP contribution in [0.3, 0.4) is 0 Å². The van der Waals surface area contributed by atoms with Crippen molar-refractivity contribution >= 4 is 0 Å². The smallest absolute Gasteiger partial charge is 0.203 e. The van der Waals surface area contributed by atoms with E-state index in [1.165, 1.54) is 0 Å². The van der Waals surface area contributed by atoms with E-state index in [0.717, 1.165) is 0 Å². The molecule has 0 saturated heterocycles. The summed E-state index contributed by atoms with van der Waals surface area (Å²) in [6, 6.07) is 5.48. The fraction of sp³-hybridized carbons (Fsp3) is 0.455. The van der Waals surface area contributed by atoms with Crippen LogP contribution in [0.2, 0.25) is 0 Å². The van der Waals surface area contributed by atoms with Crippen molar-refractivity contribution in [3.8, 4) is 17.2 Å². The van der Waals surface area contributed by atoms with Gasteiger partial charge in [0.15, 0.2) is 17.6 Å². The van der Waals surface area contributed by atoms with Gasteiger partial charge in [-0.15, -0.1) is 0 Å². The average Bonchev–Trinajstić information content (AvgIpc) is 2.29. The minimum Gasteiger partial charge on any atom is -0.490 e. The molecule has 0 fully saturated rings. The van der Waals surface area contributed by atoms with Crippen LogP contribution >= 0.6 is 0 Å².